The minimum absolute atomic E-state index is 0. The largest absolute Gasteiger partial charge is 1.00 e. The van der Waals surface area contributed by atoms with E-state index in [2.05, 4.69) is 168 Å². The van der Waals surface area contributed by atoms with Crippen LogP contribution in [0.3, 0.4) is 0 Å². The van der Waals surface area contributed by atoms with Crippen LogP contribution in [0.4, 0.5) is 0 Å². The number of aldehydes is 1. The van der Waals surface area contributed by atoms with E-state index in [4.69, 9.17) is 30.9 Å². The number of halogens is 4. The van der Waals surface area contributed by atoms with Gasteiger partial charge in [-0.2, -0.15) is 0 Å². The second-order valence-corrected chi connectivity index (χ2v) is 32.6. The summed E-state index contributed by atoms with van der Waals surface area (Å²) in [6, 6.07) is 0. The van der Waals surface area contributed by atoms with Crippen LogP contribution < -0.4 is 29.6 Å². The quantitative estimate of drug-likeness (QED) is 0.00858. The Kier molecular flexibility index (Phi) is 111. The van der Waals surface area contributed by atoms with Crippen LogP contribution in [-0.4, -0.2) is 72.3 Å². The summed E-state index contributed by atoms with van der Waals surface area (Å²) in [7, 11) is -3.00. The first kappa shape index (κ1) is 80.3. The summed E-state index contributed by atoms with van der Waals surface area (Å²) in [6.45, 7) is 13.8. The third-order valence-electron chi connectivity index (χ3n) is 9.67. The third kappa shape index (κ3) is 149. The Morgan fingerprint density at radius 3 is 1.28 bits per heavy atom. The van der Waals surface area contributed by atoms with Crippen molar-refractivity contribution >= 4 is 92.9 Å². The van der Waals surface area contributed by atoms with Crippen molar-refractivity contribution < 1.29 is 69.5 Å². The molecular weight excluding hydrogens is 1280 g/mol. The summed E-state index contributed by atoms with van der Waals surface area (Å²) in [5.74, 6) is 27.0. The van der Waals surface area contributed by atoms with Crippen LogP contribution >= 0.6 is 66.4 Å². The van der Waals surface area contributed by atoms with Gasteiger partial charge in [-0.25, -0.2) is 5.34 Å². The van der Waals surface area contributed by atoms with Gasteiger partial charge in [0.15, 0.2) is 6.29 Å². The molecule has 0 amide bonds. The summed E-state index contributed by atoms with van der Waals surface area (Å²) in [4.78, 5) is 31.1. The van der Waals surface area contributed by atoms with Gasteiger partial charge in [-0.15, -0.1) is 23.7 Å². The van der Waals surface area contributed by atoms with Crippen LogP contribution in [0.1, 0.15) is 292 Å². The first-order chi connectivity index (χ1) is 40.5. The van der Waals surface area contributed by atoms with E-state index in [1.54, 1.807) is 6.92 Å². The van der Waals surface area contributed by atoms with E-state index in [-0.39, 0.29) is 60.0 Å². The van der Waals surface area contributed by atoms with Crippen molar-refractivity contribution in [1.82, 2.24) is 0 Å². The van der Waals surface area contributed by atoms with Crippen LogP contribution in [0, 0.1) is 59.2 Å². The molecule has 0 aromatic rings. The molecule has 79 heavy (non-hydrogen) atoms. The van der Waals surface area contributed by atoms with Crippen LogP contribution in [0.2, 0.25) is 0 Å². The first-order valence-corrected chi connectivity index (χ1v) is 36.7. The molecule has 3 N–H and O–H groups in total. The van der Waals surface area contributed by atoms with Gasteiger partial charge in [-0.3, -0.25) is 14.4 Å². The molecule has 456 valence electrons. The Morgan fingerprint density at radius 2 is 0.886 bits per heavy atom. The fourth-order valence-corrected chi connectivity index (χ4v) is 5.88. The molecule has 0 aromatic heterocycles. The number of carboxylic acid groups (broad SMARTS) is 1. The second-order valence-electron chi connectivity index (χ2n) is 16.8. The van der Waals surface area contributed by atoms with Crippen LogP contribution in [0.25, 0.3) is 0 Å². The predicted molar refractivity (Wildman–Crippen MR) is 367 cm³/mol. The monoisotopic (exact) mass is 1400 g/mol. The number of carboxylic acids is 1. The number of aliphatic hydroxyl groups excluding tert-OH is 2. The molecule has 14 heteroatoms. The van der Waals surface area contributed by atoms with Gasteiger partial charge in [0.25, 0.3) is 0 Å². The molecule has 4 atom stereocenters. The van der Waals surface area contributed by atoms with Gasteiger partial charge < -0.3 is 20.1 Å². The number of carbonyl (C=O) groups is 3. The topological polar surface area (TPSA) is 121 Å². The van der Waals surface area contributed by atoms with E-state index >= 15 is 0 Å². The molecule has 0 aliphatic rings. The van der Waals surface area contributed by atoms with E-state index in [0.717, 1.165) is 128 Å². The zero-order chi connectivity index (χ0) is 66.3. The Morgan fingerprint density at radius 1 is 0.544 bits per heavy atom. The average molecular weight is 1400 g/mol. The molecule has 0 bridgehead atoms. The summed E-state index contributed by atoms with van der Waals surface area (Å²) >= 11 is 12.5. The Labute approximate surface area is 558 Å². The number of ether oxygens (including phenoxy) is 1. The molecule has 7 nitrogen and oxygen atoms in total. The first-order valence-electron chi connectivity index (χ1n) is 33.0. The van der Waals surface area contributed by atoms with E-state index in [0.29, 0.717) is 25.7 Å². The Balaban J connectivity index is -0.000000105. The van der Waals surface area contributed by atoms with Gasteiger partial charge in [0.1, 0.15) is 10.6 Å². The number of hydrogen-bond acceptors (Lipinski definition) is 6. The maximum Gasteiger partial charge on any atom is 1.00 e. The smallest absolute Gasteiger partial charge is 0.481 e. The fourth-order valence-electron chi connectivity index (χ4n) is 5.72. The van der Waals surface area contributed by atoms with E-state index < -0.39 is 32.5 Å². The third-order valence-corrected chi connectivity index (χ3v) is 9.90. The molecule has 0 spiro atoms. The fraction of sp³-hybridized carbons (Fsp3) is 0.738. The molecule has 0 aliphatic carbocycles. The minimum atomic E-state index is -3.00. The number of aliphatic carboxylic acids is 1. The summed E-state index contributed by atoms with van der Waals surface area (Å²) in [5, 5.41) is 24.1. The maximum atomic E-state index is 11.1. The molecule has 0 radical (unpaired) electrons. The Hall–Kier alpha value is -0.775. The van der Waals surface area contributed by atoms with Crippen molar-refractivity contribution in [3.63, 3.8) is 0 Å². The van der Waals surface area contributed by atoms with Crippen molar-refractivity contribution in [2.75, 3.05) is 25.1 Å². The van der Waals surface area contributed by atoms with Crippen molar-refractivity contribution in [3.05, 3.63) is 24.3 Å². The number of rotatable bonds is 34. The standard InChI is InChI=1S/C20H32O2.C18H32O2.C8H13Br.C8H14O.C8H12O.C2H6O.CH4.BH4.Br3P.Na/c1-3-5-6-7-8-9-10-11-12-13-14-15-16-17-18-19-20(21)22-4-2;1-2-3-4-5-6-7-8-9-10-11-12-13-14-15-16-17-18(19)20;3*1-2-3-4-5-6-7-8-9;1-2-3;;;1-4(2)3;/h3-7,10,13-19H2,1-2H3;6-7,9-10H,2-5,8,11-17H2,1H3,(H,19,20);2-5,8H2,1H3;9H,2-5,8H2,1H3;8H,2-5H2,1H3;3H,2H2,1H3;2*1H4;;/q;;;;;;;-1;;+1/b;7-6-,10-9-;;;;;;;;/i10D;3*8D;;;;1D4;;. The average Bonchev–Trinajstić information content (AvgIpc) is 3.42. The predicted octanol–water partition coefficient (Wildman–Crippen LogP) is 17.0. The van der Waals surface area contributed by atoms with Crippen molar-refractivity contribution in [3.8, 4) is 59.2 Å². The number of aliphatic hydroxyl groups is 2. The van der Waals surface area contributed by atoms with Crippen LogP contribution in [0.5, 0.6) is 0 Å². The summed E-state index contributed by atoms with van der Waals surface area (Å²) in [6.07, 6.45) is 43.8. The van der Waals surface area contributed by atoms with Gasteiger partial charge in [0, 0.05) is 52.9 Å². The van der Waals surface area contributed by atoms with Gasteiger partial charge >= 0.3 is 41.5 Å². The SMILES string of the molecule is BrP(Br)Br.C.CCCCCC#CC=O.CCO.[2H]C(/C=C\CCCCC)/C=C\CCCCCCCC(=O)O.[2H]C(Br)C#CCCCCC.[2H]C(C#CCCCCC)C#CCCCCCCCC(=O)OCC.[2H]C(O)C#CCCCCC.[2H][B-]([2H])([2H])[2H].[Na+]. The number of allylic oxidation sites excluding steroid dienone is 4. The van der Waals surface area contributed by atoms with Crippen LogP contribution in [-0.2, 0) is 19.1 Å². The zero-order valence-electron chi connectivity index (χ0n) is 58.2. The molecule has 0 heterocycles. The molecular formula is C65H117BBr4NaO7P. The molecule has 0 saturated carbocycles. The maximum absolute atomic E-state index is 11.1. The van der Waals surface area contributed by atoms with Gasteiger partial charge in [0.05, 0.1) is 22.4 Å². The minimum Gasteiger partial charge on any atom is -0.481 e. The number of hydrogen-bond donors (Lipinski definition) is 3. The number of esters is 1. The number of unbranched alkanes of at least 4 members (excludes halogenated alkanes) is 25. The van der Waals surface area contributed by atoms with E-state index in [1.165, 1.54) is 77.0 Å². The van der Waals surface area contributed by atoms with Crippen molar-refractivity contribution in [2.45, 2.75) is 287 Å². The number of alkyl halides is 1. The van der Waals surface area contributed by atoms with Gasteiger partial charge in [-0.1, -0.05) is 223 Å². The second kappa shape index (κ2) is 109. The zero-order valence-corrected chi connectivity index (χ0v) is 59.4. The number of carbonyl (C=O) groups excluding carboxylic acids is 2. The van der Waals surface area contributed by atoms with Gasteiger partial charge in [-0.05, 0) is 143 Å². The molecule has 0 aliphatic heterocycles. The van der Waals surface area contributed by atoms with E-state index in [9.17, 15) is 14.4 Å². The molecule has 4 unspecified atom stereocenters. The normalized spacial score (nSPS) is 12.1. The van der Waals surface area contributed by atoms with E-state index in [1.807, 2.05) is 19.1 Å². The van der Waals surface area contributed by atoms with Crippen LogP contribution in [0.15, 0.2) is 24.3 Å². The molecule has 0 saturated heterocycles. The van der Waals surface area contributed by atoms with Crippen molar-refractivity contribution in [1.29, 1.82) is 5.34 Å². The molecule has 0 fully saturated rings. The molecule has 0 aromatic carbocycles. The Bertz CT molecular complexity index is 1760. The summed E-state index contributed by atoms with van der Waals surface area (Å²) in [5.41, 5.74) is 0. The van der Waals surface area contributed by atoms with Gasteiger partial charge in [0.2, 0.25) is 0 Å². The summed E-state index contributed by atoms with van der Waals surface area (Å²) < 4.78 is 57.9. The van der Waals surface area contributed by atoms with Crippen molar-refractivity contribution in [2.24, 2.45) is 0 Å². The molecule has 0 rings (SSSR count).